The number of isothiocyanates is 1. The Balaban J connectivity index is 1.91. The summed E-state index contributed by atoms with van der Waals surface area (Å²) in [5.41, 5.74) is 3.01. The lowest BCUT2D eigenvalue weighted by atomic mass is 10.0. The van der Waals surface area contributed by atoms with Gasteiger partial charge in [-0.2, -0.15) is 4.99 Å². The van der Waals surface area contributed by atoms with Crippen LogP contribution in [0.3, 0.4) is 0 Å². The lowest BCUT2D eigenvalue weighted by Crippen LogP contribution is -2.42. The summed E-state index contributed by atoms with van der Waals surface area (Å²) < 4.78 is 0. The van der Waals surface area contributed by atoms with Crippen molar-refractivity contribution >= 4 is 29.0 Å². The Morgan fingerprint density at radius 2 is 1.78 bits per heavy atom. The van der Waals surface area contributed by atoms with Crippen molar-refractivity contribution in [2.24, 2.45) is 4.99 Å². The Kier molecular flexibility index (Phi) is 8.61. The number of nitrogens with zero attached hydrogens (tertiary/aromatic N) is 1. The molecule has 0 amide bonds. The highest BCUT2D eigenvalue weighted by Gasteiger charge is 2.10. The number of hydrogen-bond donors (Lipinski definition) is 4. The maximum absolute atomic E-state index is 10.7. The molecule has 2 aromatic rings. The van der Waals surface area contributed by atoms with Crippen molar-refractivity contribution in [3.63, 3.8) is 0 Å². The molecule has 27 heavy (non-hydrogen) atoms. The summed E-state index contributed by atoms with van der Waals surface area (Å²) in [6.45, 7) is 1.22. The third-order valence-electron chi connectivity index (χ3n) is 4.04. The second kappa shape index (κ2) is 11.2. The molecule has 1 atom stereocenters. The average Bonchev–Trinajstić information content (AvgIpc) is 2.65. The van der Waals surface area contributed by atoms with Crippen LogP contribution in [-0.4, -0.2) is 47.0 Å². The van der Waals surface area contributed by atoms with E-state index in [9.17, 15) is 9.90 Å². The van der Waals surface area contributed by atoms with Gasteiger partial charge < -0.3 is 20.8 Å². The number of carboxylic acid groups (broad SMARTS) is 1. The second-order valence-electron chi connectivity index (χ2n) is 6.17. The van der Waals surface area contributed by atoms with Gasteiger partial charge in [0.15, 0.2) is 0 Å². The molecule has 0 heterocycles. The zero-order valence-electron chi connectivity index (χ0n) is 14.9. The summed E-state index contributed by atoms with van der Waals surface area (Å²) in [7, 11) is 0. The maximum Gasteiger partial charge on any atom is 0.317 e. The first-order valence-electron chi connectivity index (χ1n) is 8.67. The van der Waals surface area contributed by atoms with Gasteiger partial charge in [-0.15, -0.1) is 0 Å². The minimum atomic E-state index is -0.875. The number of benzene rings is 2. The second-order valence-corrected chi connectivity index (χ2v) is 6.35. The van der Waals surface area contributed by atoms with E-state index in [4.69, 9.17) is 5.11 Å². The number of thiocarbonyl (C=S) groups is 1. The fourth-order valence-electron chi connectivity index (χ4n) is 2.70. The zero-order chi connectivity index (χ0) is 19.5. The summed E-state index contributed by atoms with van der Waals surface area (Å²) in [5, 5.41) is 26.9. The van der Waals surface area contributed by atoms with Crippen LogP contribution in [0, 0.1) is 0 Å². The van der Waals surface area contributed by atoms with E-state index in [2.05, 4.69) is 33.0 Å². The van der Waals surface area contributed by atoms with Gasteiger partial charge in [0.2, 0.25) is 0 Å². The molecule has 0 bridgehead atoms. The molecular weight excluding hydrogens is 362 g/mol. The Labute approximate surface area is 164 Å². The van der Waals surface area contributed by atoms with Crippen LogP contribution < -0.4 is 10.6 Å². The van der Waals surface area contributed by atoms with Crippen molar-refractivity contribution in [2.45, 2.75) is 18.9 Å². The highest BCUT2D eigenvalue weighted by atomic mass is 32.1. The van der Waals surface area contributed by atoms with Gasteiger partial charge in [0.25, 0.3) is 0 Å². The van der Waals surface area contributed by atoms with Gasteiger partial charge >= 0.3 is 5.97 Å². The highest BCUT2D eigenvalue weighted by Crippen LogP contribution is 2.14. The van der Waals surface area contributed by atoms with Crippen LogP contribution in [0.25, 0.3) is 0 Å². The lowest BCUT2D eigenvalue weighted by Gasteiger charge is -2.19. The van der Waals surface area contributed by atoms with Gasteiger partial charge in [0.1, 0.15) is 5.75 Å². The minimum absolute atomic E-state index is 0.0710. The third kappa shape index (κ3) is 8.11. The van der Waals surface area contributed by atoms with Crippen LogP contribution in [0.2, 0.25) is 0 Å². The largest absolute Gasteiger partial charge is 0.508 e. The van der Waals surface area contributed by atoms with Crippen LogP contribution >= 0.6 is 12.2 Å². The highest BCUT2D eigenvalue weighted by molar-refractivity contribution is 7.78. The smallest absolute Gasteiger partial charge is 0.317 e. The Morgan fingerprint density at radius 3 is 2.41 bits per heavy atom. The van der Waals surface area contributed by atoms with E-state index in [0.29, 0.717) is 6.54 Å². The first-order chi connectivity index (χ1) is 13.1. The van der Waals surface area contributed by atoms with Crippen LogP contribution in [0.1, 0.15) is 11.1 Å². The molecule has 0 aliphatic heterocycles. The molecule has 0 aliphatic carbocycles. The molecule has 142 valence electrons. The molecule has 0 aromatic heterocycles. The molecule has 0 radical (unpaired) electrons. The van der Waals surface area contributed by atoms with Crippen molar-refractivity contribution in [1.29, 1.82) is 0 Å². The Morgan fingerprint density at radius 1 is 1.11 bits per heavy atom. The lowest BCUT2D eigenvalue weighted by molar-refractivity contribution is -0.135. The summed E-state index contributed by atoms with van der Waals surface area (Å²) in [6, 6.07) is 14.9. The molecule has 0 saturated heterocycles. The van der Waals surface area contributed by atoms with Crippen LogP contribution in [0.15, 0.2) is 53.5 Å². The fraction of sp³-hybridized carbons (Fsp3) is 0.300. The van der Waals surface area contributed by atoms with Gasteiger partial charge in [-0.3, -0.25) is 4.79 Å². The number of carbonyl (C=O) groups is 1. The summed E-state index contributed by atoms with van der Waals surface area (Å²) >= 11 is 4.60. The molecule has 2 aromatic carbocycles. The first kappa shape index (κ1) is 20.7. The predicted molar refractivity (Wildman–Crippen MR) is 109 cm³/mol. The fourth-order valence-corrected chi connectivity index (χ4v) is 2.80. The number of nitrogens with one attached hydrogen (secondary N) is 2. The molecule has 0 spiro atoms. The monoisotopic (exact) mass is 385 g/mol. The molecule has 1 unspecified atom stereocenters. The van der Waals surface area contributed by atoms with Gasteiger partial charge in [-0.05, 0) is 67.0 Å². The van der Waals surface area contributed by atoms with E-state index in [-0.39, 0.29) is 18.3 Å². The molecule has 0 saturated carbocycles. The maximum atomic E-state index is 10.7. The van der Waals surface area contributed by atoms with Crippen molar-refractivity contribution in [1.82, 2.24) is 10.6 Å². The van der Waals surface area contributed by atoms with E-state index < -0.39 is 5.97 Å². The Hall–Kier alpha value is -2.57. The van der Waals surface area contributed by atoms with Gasteiger partial charge in [-0.25, -0.2) is 0 Å². The standard InChI is InChI=1S/C20H23N3O3S/c24-19-7-3-15(4-8-19)9-10-22-18(12-21-13-20(25)26)11-16-1-5-17(6-2-16)23-14-27/h1-8,18,21-22,24H,9-13H2,(H,25,26). The number of aliphatic carboxylic acids is 1. The first-order valence-corrected chi connectivity index (χ1v) is 9.08. The van der Waals surface area contributed by atoms with E-state index in [1.807, 2.05) is 36.4 Å². The number of rotatable bonds is 11. The number of hydrogen-bond acceptors (Lipinski definition) is 6. The van der Waals surface area contributed by atoms with Crippen LogP contribution in [0.5, 0.6) is 5.75 Å². The minimum Gasteiger partial charge on any atom is -0.508 e. The normalized spacial score (nSPS) is 11.6. The van der Waals surface area contributed by atoms with Gasteiger partial charge in [0, 0.05) is 12.6 Å². The summed E-state index contributed by atoms with van der Waals surface area (Å²) in [5.74, 6) is -0.621. The topological polar surface area (TPSA) is 94.0 Å². The molecule has 0 fully saturated rings. The number of aliphatic imine (C=N–C) groups is 1. The quantitative estimate of drug-likeness (QED) is 0.351. The van der Waals surface area contributed by atoms with E-state index >= 15 is 0 Å². The van der Waals surface area contributed by atoms with Crippen molar-refractivity contribution in [3.8, 4) is 5.75 Å². The van der Waals surface area contributed by atoms with Crippen molar-refractivity contribution in [3.05, 3.63) is 59.7 Å². The van der Waals surface area contributed by atoms with Gasteiger partial charge in [0.05, 0.1) is 17.4 Å². The molecule has 4 N–H and O–H groups in total. The third-order valence-corrected chi connectivity index (χ3v) is 4.13. The van der Waals surface area contributed by atoms with E-state index in [1.54, 1.807) is 12.1 Å². The summed E-state index contributed by atoms with van der Waals surface area (Å²) in [4.78, 5) is 14.7. The van der Waals surface area contributed by atoms with E-state index in [1.165, 1.54) is 0 Å². The molecule has 6 nitrogen and oxygen atoms in total. The SMILES string of the molecule is O=C(O)CNCC(Cc1ccc(N=C=S)cc1)NCCc1ccc(O)cc1. The molecule has 2 rings (SSSR count). The van der Waals surface area contributed by atoms with Gasteiger partial charge in [-0.1, -0.05) is 24.3 Å². The average molecular weight is 385 g/mol. The number of phenols is 1. The van der Waals surface area contributed by atoms with Crippen LogP contribution in [-0.2, 0) is 17.6 Å². The zero-order valence-corrected chi connectivity index (χ0v) is 15.7. The number of phenolic OH excluding ortho intramolecular Hbond substituents is 1. The molecular formula is C20H23N3O3S. The van der Waals surface area contributed by atoms with Crippen molar-refractivity contribution < 1.29 is 15.0 Å². The van der Waals surface area contributed by atoms with Crippen molar-refractivity contribution in [2.75, 3.05) is 19.6 Å². The predicted octanol–water partition coefficient (Wildman–Crippen LogP) is 2.54. The van der Waals surface area contributed by atoms with E-state index in [0.717, 1.165) is 36.2 Å². The summed E-state index contributed by atoms with van der Waals surface area (Å²) in [6.07, 6.45) is 1.57. The number of aromatic hydroxyl groups is 1. The van der Waals surface area contributed by atoms with Crippen LogP contribution in [0.4, 0.5) is 5.69 Å². The molecule has 0 aliphatic rings. The number of carboxylic acids is 1. The molecule has 7 heteroatoms. The Bertz CT molecular complexity index is 772.